The fourth-order valence-electron chi connectivity index (χ4n) is 4.83. The molecular weight excluding hydrogens is 300 g/mol. The van der Waals surface area contributed by atoms with Crippen LogP contribution < -0.4 is 0 Å². The summed E-state index contributed by atoms with van der Waals surface area (Å²) in [5, 5.41) is 0. The van der Waals surface area contributed by atoms with Gasteiger partial charge in [0.25, 0.3) is 0 Å². The van der Waals surface area contributed by atoms with Crippen LogP contribution in [0.3, 0.4) is 0 Å². The van der Waals surface area contributed by atoms with E-state index in [0.29, 0.717) is 11.9 Å². The Bertz CT molecular complexity index is 597. The average molecular weight is 330 g/mol. The summed E-state index contributed by atoms with van der Waals surface area (Å²) in [5.41, 5.74) is 2.28. The van der Waals surface area contributed by atoms with Crippen LogP contribution in [0, 0.1) is 5.92 Å². The molecule has 1 saturated carbocycles. The zero-order valence-corrected chi connectivity index (χ0v) is 15.1. The highest BCUT2D eigenvalue weighted by atomic mass is 16.2. The first-order valence-electron chi connectivity index (χ1n) is 9.66. The number of nitrogens with zero attached hydrogens (tertiary/aromatic N) is 4. The van der Waals surface area contributed by atoms with Crippen LogP contribution in [0.25, 0.3) is 0 Å². The number of fused-ring (bicyclic) bond motifs is 1. The molecule has 0 radical (unpaired) electrons. The number of likely N-dealkylation sites (tertiary alicyclic amines) is 1. The van der Waals surface area contributed by atoms with Gasteiger partial charge in [0.05, 0.1) is 23.6 Å². The van der Waals surface area contributed by atoms with Gasteiger partial charge in [0, 0.05) is 39.3 Å². The highest BCUT2D eigenvalue weighted by Crippen LogP contribution is 2.34. The van der Waals surface area contributed by atoms with E-state index in [1.54, 1.807) is 0 Å². The first-order valence-corrected chi connectivity index (χ1v) is 9.66. The minimum Gasteiger partial charge on any atom is -0.342 e. The highest BCUT2D eigenvalue weighted by molar-refractivity contribution is 5.84. The molecule has 5 heteroatoms. The zero-order valence-electron chi connectivity index (χ0n) is 15.1. The molecule has 0 bridgehead atoms. The Hall–Kier alpha value is -1.36. The van der Waals surface area contributed by atoms with Crippen molar-refractivity contribution in [3.05, 3.63) is 17.7 Å². The third-order valence-electron chi connectivity index (χ3n) is 6.40. The van der Waals surface area contributed by atoms with E-state index in [0.717, 1.165) is 56.3 Å². The van der Waals surface area contributed by atoms with Gasteiger partial charge < -0.3 is 9.47 Å². The lowest BCUT2D eigenvalue weighted by atomic mass is 9.92. The Morgan fingerprint density at radius 3 is 2.58 bits per heavy atom. The lowest BCUT2D eigenvalue weighted by Crippen LogP contribution is -2.48. The SMILES string of the molecule is CC1CCN(C(=O)[C@@H]2CN(C3CCCC3)Cc3ncn(C)c32)CC1. The van der Waals surface area contributed by atoms with Crippen molar-refractivity contribution in [1.82, 2.24) is 19.4 Å². The molecular formula is C19H30N4O. The van der Waals surface area contributed by atoms with Gasteiger partial charge >= 0.3 is 0 Å². The second-order valence-corrected chi connectivity index (χ2v) is 8.12. The van der Waals surface area contributed by atoms with Gasteiger partial charge in [0.1, 0.15) is 0 Å². The van der Waals surface area contributed by atoms with Crippen LogP contribution in [0.4, 0.5) is 0 Å². The monoisotopic (exact) mass is 330 g/mol. The molecule has 0 unspecified atom stereocenters. The van der Waals surface area contributed by atoms with Crippen LogP contribution in [-0.4, -0.2) is 50.9 Å². The fourth-order valence-corrected chi connectivity index (χ4v) is 4.83. The molecule has 1 amide bonds. The van der Waals surface area contributed by atoms with Crippen molar-refractivity contribution in [3.8, 4) is 0 Å². The summed E-state index contributed by atoms with van der Waals surface area (Å²) in [5.74, 6) is 1.05. The average Bonchev–Trinajstić information content (AvgIpc) is 3.24. The number of amides is 1. The highest BCUT2D eigenvalue weighted by Gasteiger charge is 2.39. The summed E-state index contributed by atoms with van der Waals surface area (Å²) in [6.07, 6.45) is 9.40. The van der Waals surface area contributed by atoms with Gasteiger partial charge in [0.15, 0.2) is 0 Å². The van der Waals surface area contributed by atoms with E-state index in [9.17, 15) is 4.79 Å². The van der Waals surface area contributed by atoms with E-state index < -0.39 is 0 Å². The van der Waals surface area contributed by atoms with Gasteiger partial charge in [-0.25, -0.2) is 4.98 Å². The van der Waals surface area contributed by atoms with Crippen molar-refractivity contribution < 1.29 is 4.79 Å². The topological polar surface area (TPSA) is 41.4 Å². The maximum Gasteiger partial charge on any atom is 0.233 e. The van der Waals surface area contributed by atoms with Gasteiger partial charge in [-0.2, -0.15) is 0 Å². The number of aromatic nitrogens is 2. The van der Waals surface area contributed by atoms with Crippen LogP contribution in [-0.2, 0) is 18.4 Å². The second kappa shape index (κ2) is 6.51. The molecule has 5 nitrogen and oxygen atoms in total. The molecule has 1 aromatic rings. The van der Waals surface area contributed by atoms with Crippen LogP contribution in [0.15, 0.2) is 6.33 Å². The number of piperidine rings is 1. The van der Waals surface area contributed by atoms with E-state index in [1.807, 2.05) is 13.4 Å². The smallest absolute Gasteiger partial charge is 0.233 e. The van der Waals surface area contributed by atoms with Gasteiger partial charge in [-0.3, -0.25) is 9.69 Å². The number of hydrogen-bond acceptors (Lipinski definition) is 3. The number of imidazole rings is 1. The van der Waals surface area contributed by atoms with Crippen LogP contribution in [0.2, 0.25) is 0 Å². The minimum atomic E-state index is -0.0322. The van der Waals surface area contributed by atoms with E-state index in [-0.39, 0.29) is 5.92 Å². The summed E-state index contributed by atoms with van der Waals surface area (Å²) in [6.45, 7) is 5.94. The maximum atomic E-state index is 13.3. The van der Waals surface area contributed by atoms with Crippen molar-refractivity contribution >= 4 is 5.91 Å². The Morgan fingerprint density at radius 1 is 1.17 bits per heavy atom. The van der Waals surface area contributed by atoms with E-state index in [2.05, 4.69) is 26.3 Å². The molecule has 1 aromatic heterocycles. The molecule has 3 aliphatic rings. The van der Waals surface area contributed by atoms with Crippen LogP contribution >= 0.6 is 0 Å². The van der Waals surface area contributed by atoms with E-state index in [1.165, 1.54) is 25.7 Å². The summed E-state index contributed by atoms with van der Waals surface area (Å²) in [4.78, 5) is 22.6. The van der Waals surface area contributed by atoms with Crippen molar-refractivity contribution in [2.45, 2.75) is 64.0 Å². The van der Waals surface area contributed by atoms with Crippen molar-refractivity contribution in [2.24, 2.45) is 13.0 Å². The van der Waals surface area contributed by atoms with Gasteiger partial charge in [-0.15, -0.1) is 0 Å². The van der Waals surface area contributed by atoms with Crippen LogP contribution in [0.5, 0.6) is 0 Å². The molecule has 2 aliphatic heterocycles. The van der Waals surface area contributed by atoms with E-state index >= 15 is 0 Å². The standard InChI is InChI=1S/C19H30N4O/c1-14-7-9-22(10-8-14)19(24)16-11-23(15-5-3-4-6-15)12-17-18(16)21(2)13-20-17/h13-16H,3-12H2,1-2H3/t16-/m1/s1. The van der Waals surface area contributed by atoms with Crippen LogP contribution in [0.1, 0.15) is 62.8 Å². The van der Waals surface area contributed by atoms with Gasteiger partial charge in [0.2, 0.25) is 5.91 Å². The van der Waals surface area contributed by atoms with Crippen molar-refractivity contribution in [3.63, 3.8) is 0 Å². The molecule has 0 aromatic carbocycles. The summed E-state index contributed by atoms with van der Waals surface area (Å²) < 4.78 is 2.08. The largest absolute Gasteiger partial charge is 0.342 e. The maximum absolute atomic E-state index is 13.3. The van der Waals surface area contributed by atoms with Crippen molar-refractivity contribution in [2.75, 3.05) is 19.6 Å². The molecule has 132 valence electrons. The Morgan fingerprint density at radius 2 is 1.88 bits per heavy atom. The third-order valence-corrected chi connectivity index (χ3v) is 6.40. The number of carbonyl (C=O) groups is 1. The predicted molar refractivity (Wildman–Crippen MR) is 93.6 cm³/mol. The predicted octanol–water partition coefficient (Wildman–Crippen LogP) is 2.52. The minimum absolute atomic E-state index is 0.0322. The molecule has 1 saturated heterocycles. The second-order valence-electron chi connectivity index (χ2n) is 8.12. The molecule has 3 heterocycles. The summed E-state index contributed by atoms with van der Waals surface area (Å²) in [7, 11) is 2.04. The van der Waals surface area contributed by atoms with Gasteiger partial charge in [-0.05, 0) is 31.6 Å². The number of carbonyl (C=O) groups excluding carboxylic acids is 1. The number of hydrogen-bond donors (Lipinski definition) is 0. The number of rotatable bonds is 2. The molecule has 0 spiro atoms. The van der Waals surface area contributed by atoms with Crippen molar-refractivity contribution in [1.29, 1.82) is 0 Å². The summed E-state index contributed by atoms with van der Waals surface area (Å²) >= 11 is 0. The normalized spacial score (nSPS) is 26.8. The molecule has 0 N–H and O–H groups in total. The molecule has 2 fully saturated rings. The Labute approximate surface area is 145 Å². The first kappa shape index (κ1) is 16.1. The molecule has 1 atom stereocenters. The fraction of sp³-hybridized carbons (Fsp3) is 0.789. The quantitative estimate of drug-likeness (QED) is 0.837. The number of aryl methyl sites for hydroxylation is 1. The Balaban J connectivity index is 1.57. The molecule has 1 aliphatic carbocycles. The van der Waals surface area contributed by atoms with E-state index in [4.69, 9.17) is 0 Å². The first-order chi connectivity index (χ1) is 11.6. The van der Waals surface area contributed by atoms with Gasteiger partial charge in [-0.1, -0.05) is 19.8 Å². The zero-order chi connectivity index (χ0) is 16.7. The lowest BCUT2D eigenvalue weighted by Gasteiger charge is -2.39. The Kier molecular flexibility index (Phi) is 4.37. The molecule has 4 rings (SSSR count). The molecule has 24 heavy (non-hydrogen) atoms. The third kappa shape index (κ3) is 2.87. The summed E-state index contributed by atoms with van der Waals surface area (Å²) in [6, 6.07) is 0.650. The lowest BCUT2D eigenvalue weighted by molar-refractivity contribution is -0.135.